The van der Waals surface area contributed by atoms with Crippen molar-refractivity contribution in [3.63, 3.8) is 0 Å². The fraction of sp³-hybridized carbons (Fsp3) is 0.591. The number of aliphatic hydroxyl groups excluding tert-OH is 1. The monoisotopic (exact) mass is 400 g/mol. The molecule has 2 saturated heterocycles. The number of aliphatic hydroxyl groups is 1. The Morgan fingerprint density at radius 3 is 2.69 bits per heavy atom. The SMILES string of the molecule is Cc1cc(C)n(C2CN(Cc3cccc(OC[C@@H](O)CN4CCOCC4)c3)C2)n1. The summed E-state index contributed by atoms with van der Waals surface area (Å²) in [4.78, 5) is 4.64. The summed E-state index contributed by atoms with van der Waals surface area (Å²) in [5, 5.41) is 14.9. The van der Waals surface area contributed by atoms with Crippen molar-refractivity contribution in [2.45, 2.75) is 32.5 Å². The molecule has 2 aliphatic heterocycles. The van der Waals surface area contributed by atoms with Crippen LogP contribution in [0.25, 0.3) is 0 Å². The molecular weight excluding hydrogens is 368 g/mol. The van der Waals surface area contributed by atoms with Crippen molar-refractivity contribution in [2.24, 2.45) is 0 Å². The summed E-state index contributed by atoms with van der Waals surface area (Å²) in [6.07, 6.45) is -0.492. The van der Waals surface area contributed by atoms with Crippen molar-refractivity contribution in [3.8, 4) is 5.75 Å². The first-order valence-corrected chi connectivity index (χ1v) is 10.5. The van der Waals surface area contributed by atoms with Crippen LogP contribution in [0.2, 0.25) is 0 Å². The summed E-state index contributed by atoms with van der Waals surface area (Å²) in [5.41, 5.74) is 3.55. The van der Waals surface area contributed by atoms with Crippen LogP contribution in [0, 0.1) is 13.8 Å². The fourth-order valence-electron chi connectivity index (χ4n) is 4.16. The number of hydrogen-bond donors (Lipinski definition) is 1. The van der Waals surface area contributed by atoms with Gasteiger partial charge in [0.05, 0.1) is 24.9 Å². The third-order valence-corrected chi connectivity index (χ3v) is 5.65. The van der Waals surface area contributed by atoms with Gasteiger partial charge in [-0.3, -0.25) is 14.5 Å². The molecule has 0 amide bonds. The van der Waals surface area contributed by atoms with Gasteiger partial charge < -0.3 is 14.6 Å². The molecule has 7 heteroatoms. The van der Waals surface area contributed by atoms with E-state index in [0.717, 1.165) is 57.4 Å². The Hall–Kier alpha value is -1.93. The molecule has 158 valence electrons. The maximum atomic E-state index is 10.3. The summed E-state index contributed by atoms with van der Waals surface area (Å²) in [5.74, 6) is 0.819. The number of nitrogens with zero attached hydrogens (tertiary/aromatic N) is 4. The molecule has 0 spiro atoms. The standard InChI is InChI=1S/C22H32N4O3/c1-17-10-18(2)26(23-17)20-13-25(14-20)12-19-4-3-5-22(11-19)29-16-21(27)15-24-6-8-28-9-7-24/h3-5,10-11,20-21,27H,6-9,12-16H2,1-2H3/t21-/m0/s1. The van der Waals surface area contributed by atoms with Crippen molar-refractivity contribution in [1.29, 1.82) is 0 Å². The minimum atomic E-state index is -0.492. The molecule has 0 bridgehead atoms. The normalized spacial score (nSPS) is 19.8. The smallest absolute Gasteiger partial charge is 0.119 e. The van der Waals surface area contributed by atoms with Crippen molar-refractivity contribution in [1.82, 2.24) is 19.6 Å². The molecule has 4 rings (SSSR count). The Morgan fingerprint density at radius 2 is 1.97 bits per heavy atom. The van der Waals surface area contributed by atoms with Crippen LogP contribution < -0.4 is 4.74 Å². The molecule has 7 nitrogen and oxygen atoms in total. The van der Waals surface area contributed by atoms with Crippen LogP contribution in [0.1, 0.15) is 23.0 Å². The van der Waals surface area contributed by atoms with E-state index in [9.17, 15) is 5.11 Å². The van der Waals surface area contributed by atoms with Crippen molar-refractivity contribution >= 4 is 0 Å². The maximum absolute atomic E-state index is 10.3. The zero-order valence-corrected chi connectivity index (χ0v) is 17.5. The second kappa shape index (κ2) is 9.26. The van der Waals surface area contributed by atoms with E-state index in [2.05, 4.69) is 44.7 Å². The van der Waals surface area contributed by atoms with Gasteiger partial charge in [0.15, 0.2) is 0 Å². The Kier molecular flexibility index (Phi) is 6.50. The average molecular weight is 401 g/mol. The Morgan fingerprint density at radius 1 is 1.17 bits per heavy atom. The van der Waals surface area contributed by atoms with Crippen molar-refractivity contribution < 1.29 is 14.6 Å². The van der Waals surface area contributed by atoms with Gasteiger partial charge >= 0.3 is 0 Å². The van der Waals surface area contributed by atoms with Gasteiger partial charge in [-0.15, -0.1) is 0 Å². The molecule has 3 heterocycles. The first-order valence-electron chi connectivity index (χ1n) is 10.5. The van der Waals surface area contributed by atoms with Gasteiger partial charge in [-0.1, -0.05) is 12.1 Å². The van der Waals surface area contributed by atoms with Crippen LogP contribution >= 0.6 is 0 Å². The molecular formula is C22H32N4O3. The fourth-order valence-corrected chi connectivity index (χ4v) is 4.16. The molecule has 1 aromatic heterocycles. The van der Waals surface area contributed by atoms with E-state index in [1.807, 2.05) is 19.1 Å². The van der Waals surface area contributed by atoms with Gasteiger partial charge in [-0.2, -0.15) is 5.10 Å². The maximum Gasteiger partial charge on any atom is 0.119 e. The van der Waals surface area contributed by atoms with E-state index in [-0.39, 0.29) is 0 Å². The Bertz CT molecular complexity index is 797. The summed E-state index contributed by atoms with van der Waals surface area (Å²) in [6.45, 7) is 11.3. The number of aryl methyl sites for hydroxylation is 2. The van der Waals surface area contributed by atoms with Crippen LogP contribution in [-0.4, -0.2) is 83.3 Å². The van der Waals surface area contributed by atoms with Gasteiger partial charge in [0.25, 0.3) is 0 Å². The third kappa shape index (κ3) is 5.36. The van der Waals surface area contributed by atoms with Gasteiger partial charge in [0.2, 0.25) is 0 Å². The molecule has 29 heavy (non-hydrogen) atoms. The highest BCUT2D eigenvalue weighted by molar-refractivity contribution is 5.28. The van der Waals surface area contributed by atoms with Gasteiger partial charge in [-0.25, -0.2) is 0 Å². The zero-order chi connectivity index (χ0) is 20.2. The second-order valence-electron chi connectivity index (χ2n) is 8.24. The highest BCUT2D eigenvalue weighted by Gasteiger charge is 2.29. The second-order valence-corrected chi connectivity index (χ2v) is 8.24. The molecule has 0 radical (unpaired) electrons. The van der Waals surface area contributed by atoms with Gasteiger partial charge in [0, 0.05) is 45.0 Å². The van der Waals surface area contributed by atoms with Crippen LogP contribution in [0.3, 0.4) is 0 Å². The summed E-state index contributed by atoms with van der Waals surface area (Å²) < 4.78 is 13.4. The average Bonchev–Trinajstić information content (AvgIpc) is 3.01. The third-order valence-electron chi connectivity index (χ3n) is 5.65. The molecule has 1 atom stereocenters. The Balaban J connectivity index is 1.22. The number of likely N-dealkylation sites (tertiary alicyclic amines) is 1. The highest BCUT2D eigenvalue weighted by atomic mass is 16.5. The molecule has 1 aromatic carbocycles. The summed E-state index contributed by atoms with van der Waals surface area (Å²) in [7, 11) is 0. The summed E-state index contributed by atoms with van der Waals surface area (Å²) >= 11 is 0. The molecule has 2 fully saturated rings. The molecule has 1 N–H and O–H groups in total. The van der Waals surface area contributed by atoms with E-state index >= 15 is 0 Å². The molecule has 0 saturated carbocycles. The topological polar surface area (TPSA) is 63.0 Å². The van der Waals surface area contributed by atoms with E-state index in [1.165, 1.54) is 11.3 Å². The highest BCUT2D eigenvalue weighted by Crippen LogP contribution is 2.25. The van der Waals surface area contributed by atoms with Crippen LogP contribution in [0.5, 0.6) is 5.75 Å². The lowest BCUT2D eigenvalue weighted by molar-refractivity contribution is 0.00463. The van der Waals surface area contributed by atoms with Gasteiger partial charge in [-0.05, 0) is 37.6 Å². The van der Waals surface area contributed by atoms with Crippen LogP contribution in [-0.2, 0) is 11.3 Å². The number of hydrogen-bond acceptors (Lipinski definition) is 6. The lowest BCUT2D eigenvalue weighted by atomic mass is 10.1. The number of ether oxygens (including phenoxy) is 2. The number of rotatable bonds is 8. The minimum absolute atomic E-state index is 0.310. The molecule has 2 aromatic rings. The van der Waals surface area contributed by atoms with Gasteiger partial charge in [0.1, 0.15) is 18.5 Å². The van der Waals surface area contributed by atoms with E-state index in [4.69, 9.17) is 9.47 Å². The largest absolute Gasteiger partial charge is 0.491 e. The lowest BCUT2D eigenvalue weighted by Crippen LogP contribution is -2.47. The molecule has 0 unspecified atom stereocenters. The molecule has 2 aliphatic rings. The number of β-amino-alcohol motifs (C(OH)–C–C–N with tert-alkyl or cyclic N) is 1. The number of aromatic nitrogens is 2. The van der Waals surface area contributed by atoms with E-state index in [0.29, 0.717) is 19.2 Å². The van der Waals surface area contributed by atoms with Crippen LogP contribution in [0.15, 0.2) is 30.3 Å². The van der Waals surface area contributed by atoms with Crippen LogP contribution in [0.4, 0.5) is 0 Å². The predicted octanol–water partition coefficient (Wildman–Crippen LogP) is 1.63. The predicted molar refractivity (Wildman–Crippen MR) is 111 cm³/mol. The van der Waals surface area contributed by atoms with Crippen molar-refractivity contribution in [3.05, 3.63) is 47.3 Å². The summed E-state index contributed by atoms with van der Waals surface area (Å²) in [6, 6.07) is 10.8. The lowest BCUT2D eigenvalue weighted by Gasteiger charge is -2.39. The molecule has 0 aliphatic carbocycles. The number of morpholine rings is 1. The van der Waals surface area contributed by atoms with E-state index in [1.54, 1.807) is 0 Å². The van der Waals surface area contributed by atoms with E-state index < -0.39 is 6.10 Å². The van der Waals surface area contributed by atoms with Crippen molar-refractivity contribution in [2.75, 3.05) is 52.5 Å². The minimum Gasteiger partial charge on any atom is -0.491 e. The quantitative estimate of drug-likeness (QED) is 0.727. The first-order chi connectivity index (χ1) is 14.1. The Labute approximate surface area is 172 Å². The zero-order valence-electron chi connectivity index (χ0n) is 17.5. The number of benzene rings is 1. The first kappa shape index (κ1) is 20.3.